The number of para-hydroxylation sites is 1. The molecule has 4 nitrogen and oxygen atoms in total. The zero-order valence-electron chi connectivity index (χ0n) is 16.1. The van der Waals surface area contributed by atoms with Crippen molar-refractivity contribution < 1.29 is 4.79 Å². The minimum absolute atomic E-state index is 0. The van der Waals surface area contributed by atoms with Crippen LogP contribution in [0.4, 0.5) is 11.4 Å². The van der Waals surface area contributed by atoms with Crippen molar-refractivity contribution in [3.63, 3.8) is 0 Å². The molecule has 0 atom stereocenters. The second-order valence-corrected chi connectivity index (χ2v) is 8.01. The Labute approximate surface area is 184 Å². The molecule has 1 amide bonds. The van der Waals surface area contributed by atoms with Gasteiger partial charge in [-0.1, -0.05) is 30.3 Å². The van der Waals surface area contributed by atoms with Gasteiger partial charge < -0.3 is 11.1 Å². The zero-order valence-corrected chi connectivity index (χ0v) is 18.6. The summed E-state index contributed by atoms with van der Waals surface area (Å²) in [7, 11) is 0. The first-order valence-electron chi connectivity index (χ1n) is 9.14. The quantitative estimate of drug-likeness (QED) is 0.645. The lowest BCUT2D eigenvalue weighted by Gasteiger charge is -2.26. The zero-order chi connectivity index (χ0) is 18.4. The van der Waals surface area contributed by atoms with Crippen LogP contribution in [-0.4, -0.2) is 35.4 Å². The van der Waals surface area contributed by atoms with Crippen LogP contribution in [0.25, 0.3) is 0 Å². The number of hydrogen-bond acceptors (Lipinski definition) is 4. The molecule has 0 unspecified atom stereocenters. The number of hydrogen-bond donors (Lipinski definition) is 2. The van der Waals surface area contributed by atoms with E-state index in [1.165, 1.54) is 17.1 Å². The number of rotatable bonds is 6. The lowest BCUT2D eigenvalue weighted by molar-refractivity contribution is -0.116. The van der Waals surface area contributed by atoms with Gasteiger partial charge in [-0.15, -0.1) is 24.8 Å². The summed E-state index contributed by atoms with van der Waals surface area (Å²) in [5.74, 6) is 2.47. The van der Waals surface area contributed by atoms with Gasteiger partial charge in [0.05, 0.1) is 0 Å². The summed E-state index contributed by atoms with van der Waals surface area (Å²) in [6, 6.07) is 14.0. The molecule has 0 spiro atoms. The lowest BCUT2D eigenvalue weighted by atomic mass is 10.1. The van der Waals surface area contributed by atoms with Crippen molar-refractivity contribution in [2.24, 2.45) is 0 Å². The molecule has 3 rings (SSSR count). The van der Waals surface area contributed by atoms with Crippen LogP contribution < -0.4 is 11.1 Å². The fraction of sp³-hybridized carbons (Fsp3) is 0.381. The van der Waals surface area contributed by atoms with E-state index in [4.69, 9.17) is 5.73 Å². The molecule has 1 aliphatic heterocycles. The second kappa shape index (κ2) is 12.2. The van der Waals surface area contributed by atoms with Gasteiger partial charge in [-0.05, 0) is 42.2 Å². The van der Waals surface area contributed by atoms with E-state index >= 15 is 0 Å². The van der Waals surface area contributed by atoms with Crippen LogP contribution in [0.15, 0.2) is 42.5 Å². The van der Waals surface area contributed by atoms with Crippen LogP contribution in [0.5, 0.6) is 0 Å². The number of nitrogens with zero attached hydrogens (tertiary/aromatic N) is 1. The first-order valence-corrected chi connectivity index (χ1v) is 10.3. The van der Waals surface area contributed by atoms with Crippen molar-refractivity contribution in [3.8, 4) is 0 Å². The maximum Gasteiger partial charge on any atom is 0.224 e. The molecular formula is C21H29Cl2N3OS. The molecule has 1 aliphatic rings. The summed E-state index contributed by atoms with van der Waals surface area (Å²) in [5, 5.41) is 3.03. The van der Waals surface area contributed by atoms with E-state index in [1.807, 2.05) is 42.1 Å². The largest absolute Gasteiger partial charge is 0.399 e. The maximum atomic E-state index is 12.3. The number of carbonyl (C=O) groups excluding carboxylic acids is 1. The summed E-state index contributed by atoms with van der Waals surface area (Å²) >= 11 is 2.03. The highest BCUT2D eigenvalue weighted by molar-refractivity contribution is 7.99. The molecule has 3 N–H and O–H groups in total. The van der Waals surface area contributed by atoms with E-state index < -0.39 is 0 Å². The maximum absolute atomic E-state index is 12.3. The Balaban J connectivity index is 0.00000196. The van der Waals surface area contributed by atoms with Crippen LogP contribution >= 0.6 is 36.6 Å². The average molecular weight is 442 g/mol. The van der Waals surface area contributed by atoms with Gasteiger partial charge in [0, 0.05) is 48.9 Å². The van der Waals surface area contributed by atoms with Crippen molar-refractivity contribution >= 4 is 53.9 Å². The molecule has 1 saturated heterocycles. The van der Waals surface area contributed by atoms with Gasteiger partial charge >= 0.3 is 0 Å². The minimum Gasteiger partial charge on any atom is -0.399 e. The van der Waals surface area contributed by atoms with E-state index in [-0.39, 0.29) is 30.7 Å². The molecule has 0 aliphatic carbocycles. The van der Waals surface area contributed by atoms with E-state index in [2.05, 4.69) is 29.3 Å². The van der Waals surface area contributed by atoms with Crippen molar-refractivity contribution in [2.75, 3.05) is 35.6 Å². The van der Waals surface area contributed by atoms with Gasteiger partial charge in [0.1, 0.15) is 0 Å². The predicted octanol–water partition coefficient (Wildman–Crippen LogP) is 4.54. The topological polar surface area (TPSA) is 58.4 Å². The summed E-state index contributed by atoms with van der Waals surface area (Å²) in [4.78, 5) is 14.8. The van der Waals surface area contributed by atoms with Crippen molar-refractivity contribution in [1.82, 2.24) is 4.90 Å². The Morgan fingerprint density at radius 2 is 1.86 bits per heavy atom. The summed E-state index contributed by atoms with van der Waals surface area (Å²) in [6.45, 7) is 5.36. The highest BCUT2D eigenvalue weighted by atomic mass is 35.5. The first kappa shape index (κ1) is 24.6. The third-order valence-electron chi connectivity index (χ3n) is 4.75. The lowest BCUT2D eigenvalue weighted by Crippen LogP contribution is -2.31. The van der Waals surface area contributed by atoms with Gasteiger partial charge in [0.25, 0.3) is 0 Å². The number of thioether (sulfide) groups is 1. The third-order valence-corrected chi connectivity index (χ3v) is 5.69. The Morgan fingerprint density at radius 1 is 1.14 bits per heavy atom. The molecule has 0 aromatic heterocycles. The molecule has 154 valence electrons. The van der Waals surface area contributed by atoms with Crippen LogP contribution in [-0.2, 0) is 17.8 Å². The number of carbonyl (C=O) groups is 1. The minimum atomic E-state index is 0. The summed E-state index contributed by atoms with van der Waals surface area (Å²) in [6.07, 6.45) is 1.09. The van der Waals surface area contributed by atoms with Gasteiger partial charge in [-0.2, -0.15) is 11.8 Å². The second-order valence-electron chi connectivity index (χ2n) is 6.78. The summed E-state index contributed by atoms with van der Waals surface area (Å²) < 4.78 is 0. The monoisotopic (exact) mass is 441 g/mol. The molecule has 28 heavy (non-hydrogen) atoms. The molecule has 2 aromatic rings. The standard InChI is InChI=1S/C21H27N3OS.2ClH/c1-16-14-17(15-24-10-12-26-13-11-24)6-8-20(16)23-21(25)9-7-18-4-2-3-5-19(18)22;;/h2-6,8,14H,7,9-13,15,22H2,1H3,(H,23,25);2*1H. The van der Waals surface area contributed by atoms with E-state index in [0.717, 1.165) is 42.1 Å². The smallest absolute Gasteiger partial charge is 0.224 e. The number of anilines is 2. The molecule has 2 aromatic carbocycles. The van der Waals surface area contributed by atoms with E-state index in [9.17, 15) is 4.79 Å². The number of amides is 1. The van der Waals surface area contributed by atoms with Gasteiger partial charge in [0.15, 0.2) is 0 Å². The molecule has 7 heteroatoms. The highest BCUT2D eigenvalue weighted by Crippen LogP contribution is 2.20. The van der Waals surface area contributed by atoms with Gasteiger partial charge in [0.2, 0.25) is 5.91 Å². The van der Waals surface area contributed by atoms with Crippen LogP contribution in [0.1, 0.15) is 23.1 Å². The van der Waals surface area contributed by atoms with E-state index in [0.29, 0.717) is 12.8 Å². The predicted molar refractivity (Wildman–Crippen MR) is 126 cm³/mol. The normalized spacial score (nSPS) is 13.9. The van der Waals surface area contributed by atoms with Crippen LogP contribution in [0, 0.1) is 6.92 Å². The SMILES string of the molecule is Cc1cc(CN2CCSCC2)ccc1NC(=O)CCc1ccccc1N.Cl.Cl. The first-order chi connectivity index (χ1) is 12.6. The Bertz CT molecular complexity index is 767. The van der Waals surface area contributed by atoms with Crippen molar-refractivity contribution in [3.05, 3.63) is 59.2 Å². The summed E-state index contributed by atoms with van der Waals surface area (Å²) in [5.41, 5.74) is 11.0. The van der Waals surface area contributed by atoms with Crippen molar-refractivity contribution in [2.45, 2.75) is 26.3 Å². The Kier molecular flexibility index (Phi) is 10.8. The number of nitrogen functional groups attached to an aromatic ring is 1. The molecule has 1 fully saturated rings. The molecule has 0 bridgehead atoms. The van der Waals surface area contributed by atoms with Gasteiger partial charge in [-0.25, -0.2) is 0 Å². The molecule has 0 saturated carbocycles. The number of aryl methyl sites for hydroxylation is 2. The Hall–Kier alpha value is -1.40. The number of benzene rings is 2. The fourth-order valence-corrected chi connectivity index (χ4v) is 4.18. The molecule has 0 radical (unpaired) electrons. The van der Waals surface area contributed by atoms with Crippen LogP contribution in [0.3, 0.4) is 0 Å². The van der Waals surface area contributed by atoms with Gasteiger partial charge in [-0.3, -0.25) is 9.69 Å². The van der Waals surface area contributed by atoms with Crippen molar-refractivity contribution in [1.29, 1.82) is 0 Å². The van der Waals surface area contributed by atoms with Crippen LogP contribution in [0.2, 0.25) is 0 Å². The fourth-order valence-electron chi connectivity index (χ4n) is 3.20. The third kappa shape index (κ3) is 7.21. The van der Waals surface area contributed by atoms with E-state index in [1.54, 1.807) is 0 Å². The molecule has 1 heterocycles. The number of nitrogens with one attached hydrogen (secondary N) is 1. The average Bonchev–Trinajstić information content (AvgIpc) is 2.64. The number of nitrogens with two attached hydrogens (primary N) is 1. The number of halogens is 2. The Morgan fingerprint density at radius 3 is 2.54 bits per heavy atom. The highest BCUT2D eigenvalue weighted by Gasteiger charge is 2.12. The molecular weight excluding hydrogens is 413 g/mol.